The van der Waals surface area contributed by atoms with Gasteiger partial charge in [-0.2, -0.15) is 0 Å². The van der Waals surface area contributed by atoms with Crippen LogP contribution in [-0.2, 0) is 14.3 Å². The Hall–Kier alpha value is -3.11. The van der Waals surface area contributed by atoms with Crippen molar-refractivity contribution in [1.82, 2.24) is 0 Å². The maximum absolute atomic E-state index is 12.7. The van der Waals surface area contributed by atoms with Crippen LogP contribution < -0.4 is 0 Å². The molecule has 0 N–H and O–H groups in total. The van der Waals surface area contributed by atoms with Crippen LogP contribution in [0.25, 0.3) is 10.4 Å². The fourth-order valence-electron chi connectivity index (χ4n) is 2.45. The van der Waals surface area contributed by atoms with E-state index in [0.717, 1.165) is 11.1 Å². The maximum Gasteiger partial charge on any atom is 0.326 e. The van der Waals surface area contributed by atoms with Gasteiger partial charge in [-0.25, -0.2) is 0 Å². The molecular weight excluding hydrogens is 318 g/mol. The van der Waals surface area contributed by atoms with E-state index in [9.17, 15) is 9.59 Å². The van der Waals surface area contributed by atoms with Crippen LogP contribution in [0.15, 0.2) is 65.8 Å². The average molecular weight is 337 g/mol. The standard InChI is InChI=1S/C19H19N3O3/c1-3-16(23)19(2,21-22-20)18(24)25-17(14-10-6-4-7-11-14)15-12-8-5-9-13-15/h4-13,17H,3H2,1-2H3. The first-order valence-electron chi connectivity index (χ1n) is 7.93. The Kier molecular flexibility index (Phi) is 5.93. The summed E-state index contributed by atoms with van der Waals surface area (Å²) in [6.45, 7) is 2.89. The SMILES string of the molecule is CCC(=O)C(C)(N=[N+]=[N-])C(=O)OC(c1ccccc1)c1ccccc1. The zero-order chi connectivity index (χ0) is 18.3. The summed E-state index contributed by atoms with van der Waals surface area (Å²) in [5.41, 5.74) is 8.40. The van der Waals surface area contributed by atoms with Crippen molar-refractivity contribution >= 4 is 11.8 Å². The van der Waals surface area contributed by atoms with Crippen LogP contribution in [0, 0.1) is 0 Å². The second-order valence-electron chi connectivity index (χ2n) is 5.65. The van der Waals surface area contributed by atoms with Gasteiger partial charge in [-0.3, -0.25) is 9.59 Å². The van der Waals surface area contributed by atoms with E-state index < -0.39 is 23.4 Å². The van der Waals surface area contributed by atoms with E-state index >= 15 is 0 Å². The second kappa shape index (κ2) is 8.13. The van der Waals surface area contributed by atoms with Crippen molar-refractivity contribution in [3.63, 3.8) is 0 Å². The smallest absolute Gasteiger partial charge is 0.326 e. The van der Waals surface area contributed by atoms with Crippen LogP contribution in [-0.4, -0.2) is 17.3 Å². The van der Waals surface area contributed by atoms with Gasteiger partial charge in [-0.15, -0.1) is 0 Å². The van der Waals surface area contributed by atoms with Gasteiger partial charge in [0, 0.05) is 11.3 Å². The molecule has 0 radical (unpaired) electrons. The number of esters is 1. The lowest BCUT2D eigenvalue weighted by atomic mass is 9.95. The minimum atomic E-state index is -1.88. The lowest BCUT2D eigenvalue weighted by Crippen LogP contribution is -2.43. The molecule has 6 heteroatoms. The van der Waals surface area contributed by atoms with E-state index in [1.807, 2.05) is 60.7 Å². The zero-order valence-corrected chi connectivity index (χ0v) is 14.1. The van der Waals surface area contributed by atoms with Crippen molar-refractivity contribution < 1.29 is 14.3 Å². The van der Waals surface area contributed by atoms with Gasteiger partial charge in [0.15, 0.2) is 11.9 Å². The van der Waals surface area contributed by atoms with E-state index in [1.54, 1.807) is 6.92 Å². The number of carbonyl (C=O) groups excluding carboxylic acids is 2. The van der Waals surface area contributed by atoms with Crippen molar-refractivity contribution in [2.75, 3.05) is 0 Å². The Balaban J connectivity index is 2.41. The summed E-state index contributed by atoms with van der Waals surface area (Å²) >= 11 is 0. The van der Waals surface area contributed by atoms with Gasteiger partial charge in [0.25, 0.3) is 0 Å². The topological polar surface area (TPSA) is 92.1 Å². The third-order valence-electron chi connectivity index (χ3n) is 3.94. The molecule has 0 saturated heterocycles. The minimum Gasteiger partial charge on any atom is -0.452 e. The molecule has 1 atom stereocenters. The Morgan fingerprint density at radius 3 is 1.96 bits per heavy atom. The van der Waals surface area contributed by atoms with Crippen LogP contribution in [0.2, 0.25) is 0 Å². The van der Waals surface area contributed by atoms with E-state index in [1.165, 1.54) is 6.92 Å². The predicted octanol–water partition coefficient (Wildman–Crippen LogP) is 4.37. The van der Waals surface area contributed by atoms with Gasteiger partial charge in [0.2, 0.25) is 5.54 Å². The van der Waals surface area contributed by atoms with Crippen LogP contribution in [0.3, 0.4) is 0 Å². The second-order valence-corrected chi connectivity index (χ2v) is 5.65. The molecule has 2 rings (SSSR count). The highest BCUT2D eigenvalue weighted by Crippen LogP contribution is 2.29. The van der Waals surface area contributed by atoms with E-state index in [4.69, 9.17) is 10.3 Å². The molecule has 0 amide bonds. The third kappa shape index (κ3) is 4.05. The highest BCUT2D eigenvalue weighted by molar-refractivity contribution is 6.08. The number of Topliss-reactive ketones (excluding diaryl/α,β-unsaturated/α-hetero) is 1. The Morgan fingerprint density at radius 1 is 1.08 bits per heavy atom. The summed E-state index contributed by atoms with van der Waals surface area (Å²) in [5, 5.41) is 3.42. The molecule has 6 nitrogen and oxygen atoms in total. The number of hydrogen-bond donors (Lipinski definition) is 0. The summed E-state index contributed by atoms with van der Waals surface area (Å²) < 4.78 is 5.64. The van der Waals surface area contributed by atoms with Crippen molar-refractivity contribution in [2.24, 2.45) is 5.11 Å². The molecular formula is C19H19N3O3. The molecule has 2 aromatic rings. The number of azide groups is 1. The summed E-state index contributed by atoms with van der Waals surface area (Å²) in [5.74, 6) is -1.36. The van der Waals surface area contributed by atoms with Gasteiger partial charge in [0.1, 0.15) is 0 Å². The van der Waals surface area contributed by atoms with Gasteiger partial charge in [0.05, 0.1) is 0 Å². The molecule has 1 unspecified atom stereocenters. The highest BCUT2D eigenvalue weighted by atomic mass is 16.5. The zero-order valence-electron chi connectivity index (χ0n) is 14.1. The van der Waals surface area contributed by atoms with Gasteiger partial charge < -0.3 is 4.74 Å². The Labute approximate surface area is 146 Å². The largest absolute Gasteiger partial charge is 0.452 e. The normalized spacial score (nSPS) is 12.8. The predicted molar refractivity (Wildman–Crippen MR) is 93.7 cm³/mol. The van der Waals surface area contributed by atoms with E-state index in [0.29, 0.717) is 0 Å². The number of ketones is 1. The van der Waals surface area contributed by atoms with Crippen molar-refractivity contribution in [2.45, 2.75) is 31.9 Å². The van der Waals surface area contributed by atoms with E-state index in [2.05, 4.69) is 10.0 Å². The molecule has 0 bridgehead atoms. The molecule has 25 heavy (non-hydrogen) atoms. The molecule has 0 saturated carbocycles. The summed E-state index contributed by atoms with van der Waals surface area (Å²) in [6.07, 6.45) is -0.640. The Morgan fingerprint density at radius 2 is 1.56 bits per heavy atom. The van der Waals surface area contributed by atoms with Crippen LogP contribution in [0.5, 0.6) is 0 Å². The molecule has 0 heterocycles. The lowest BCUT2D eigenvalue weighted by molar-refractivity contribution is -0.156. The van der Waals surface area contributed by atoms with Crippen molar-refractivity contribution in [3.8, 4) is 0 Å². The number of hydrogen-bond acceptors (Lipinski definition) is 4. The monoisotopic (exact) mass is 337 g/mol. The average Bonchev–Trinajstić information content (AvgIpc) is 2.66. The summed E-state index contributed by atoms with van der Waals surface area (Å²) in [4.78, 5) is 27.5. The van der Waals surface area contributed by atoms with Gasteiger partial charge in [-0.05, 0) is 23.6 Å². The number of carbonyl (C=O) groups is 2. The van der Waals surface area contributed by atoms with Crippen molar-refractivity contribution in [1.29, 1.82) is 0 Å². The number of ether oxygens (including phenoxy) is 1. The lowest BCUT2D eigenvalue weighted by Gasteiger charge is -2.25. The summed E-state index contributed by atoms with van der Waals surface area (Å²) in [6, 6.07) is 18.4. The quantitative estimate of drug-likeness (QED) is 0.247. The molecule has 2 aromatic carbocycles. The molecule has 0 aromatic heterocycles. The first kappa shape index (κ1) is 18.2. The van der Waals surface area contributed by atoms with Crippen LogP contribution in [0.1, 0.15) is 37.5 Å². The number of benzene rings is 2. The summed E-state index contributed by atoms with van der Waals surface area (Å²) in [7, 11) is 0. The molecule has 0 aliphatic carbocycles. The first-order chi connectivity index (χ1) is 12.0. The highest BCUT2D eigenvalue weighted by Gasteiger charge is 2.42. The molecule has 0 spiro atoms. The molecule has 128 valence electrons. The van der Waals surface area contributed by atoms with Crippen molar-refractivity contribution in [3.05, 3.63) is 82.2 Å². The number of rotatable bonds is 7. The molecule has 0 aliphatic heterocycles. The third-order valence-corrected chi connectivity index (χ3v) is 3.94. The fourth-order valence-corrected chi connectivity index (χ4v) is 2.45. The first-order valence-corrected chi connectivity index (χ1v) is 7.93. The molecule has 0 fully saturated rings. The molecule has 0 aliphatic rings. The van der Waals surface area contributed by atoms with Crippen LogP contribution >= 0.6 is 0 Å². The Bertz CT molecular complexity index is 747. The van der Waals surface area contributed by atoms with E-state index in [-0.39, 0.29) is 6.42 Å². The number of nitrogens with zero attached hydrogens (tertiary/aromatic N) is 3. The van der Waals surface area contributed by atoms with Gasteiger partial charge in [-0.1, -0.05) is 72.7 Å². The fraction of sp³-hybridized carbons (Fsp3) is 0.263. The van der Waals surface area contributed by atoms with Gasteiger partial charge >= 0.3 is 5.97 Å². The minimum absolute atomic E-state index is 0.0615. The maximum atomic E-state index is 12.7. The van der Waals surface area contributed by atoms with Crippen LogP contribution in [0.4, 0.5) is 0 Å².